The van der Waals surface area contributed by atoms with Gasteiger partial charge in [0.05, 0.1) is 0 Å². The van der Waals surface area contributed by atoms with E-state index in [1.54, 1.807) is 0 Å². The van der Waals surface area contributed by atoms with Gasteiger partial charge >= 0.3 is 5.43 Å². The maximum atomic E-state index is 10.4. The van der Waals surface area contributed by atoms with Crippen molar-refractivity contribution in [3.63, 3.8) is 0 Å². The smallest absolute Gasteiger partial charge is 0.404 e. The third kappa shape index (κ3) is 7.04. The van der Waals surface area contributed by atoms with Gasteiger partial charge in [-0.2, -0.15) is 0 Å². The van der Waals surface area contributed by atoms with E-state index in [9.17, 15) is 9.59 Å². The summed E-state index contributed by atoms with van der Waals surface area (Å²) >= 11 is 4.97. The zero-order valence-corrected chi connectivity index (χ0v) is 10.8. The number of Topliss-reactive ketones (excluding diaryl/α,β-unsaturated/α-hetero) is 1. The van der Waals surface area contributed by atoms with Crippen molar-refractivity contribution < 1.29 is 14.3 Å². The third-order valence-electron chi connectivity index (χ3n) is 2.36. The molecular weight excluding hydrogens is 254 g/mol. The minimum atomic E-state index is -0.770. The summed E-state index contributed by atoms with van der Waals surface area (Å²) in [7, 11) is 0. The number of rotatable bonds is 2. The topological polar surface area (TPSA) is 55.4 Å². The molecule has 1 aromatic rings. The van der Waals surface area contributed by atoms with Gasteiger partial charge in [0.25, 0.3) is 0 Å². The van der Waals surface area contributed by atoms with Crippen molar-refractivity contribution >= 4 is 22.8 Å². The van der Waals surface area contributed by atoms with Crippen molar-refractivity contribution in [3.8, 4) is 0 Å². The Kier molecular flexibility index (Phi) is 7.06. The van der Waals surface area contributed by atoms with Crippen molar-refractivity contribution in [2.75, 3.05) is 13.1 Å². The second kappa shape index (κ2) is 8.66. The fraction of sp³-hybridized carbons (Fsp3) is 0.385. The SMILES string of the molecule is O=C(Cl)OCc1ccccc1.O=C1CCNCC1. The van der Waals surface area contributed by atoms with Crippen LogP contribution in [0.15, 0.2) is 30.3 Å². The molecular formula is C13H16ClNO3. The summed E-state index contributed by atoms with van der Waals surface area (Å²) in [6.07, 6.45) is 1.47. The molecule has 0 radical (unpaired) electrons. The first kappa shape index (κ1) is 14.7. The molecule has 0 atom stereocenters. The highest BCUT2D eigenvalue weighted by Gasteiger charge is 2.04. The van der Waals surface area contributed by atoms with Crippen LogP contribution in [-0.2, 0) is 16.1 Å². The van der Waals surface area contributed by atoms with Gasteiger partial charge in [-0.15, -0.1) is 0 Å². The van der Waals surface area contributed by atoms with Crippen LogP contribution in [-0.4, -0.2) is 24.3 Å². The van der Waals surface area contributed by atoms with Crippen LogP contribution < -0.4 is 5.32 Å². The largest absolute Gasteiger partial charge is 0.449 e. The average Bonchev–Trinajstić information content (AvgIpc) is 2.39. The average molecular weight is 270 g/mol. The van der Waals surface area contributed by atoms with Crippen LogP contribution in [0.1, 0.15) is 18.4 Å². The Morgan fingerprint density at radius 2 is 1.83 bits per heavy atom. The Labute approximate surface area is 111 Å². The van der Waals surface area contributed by atoms with Crippen LogP contribution >= 0.6 is 11.6 Å². The lowest BCUT2D eigenvalue weighted by molar-refractivity contribution is -0.119. The Morgan fingerprint density at radius 1 is 1.22 bits per heavy atom. The molecule has 0 aliphatic carbocycles. The van der Waals surface area contributed by atoms with Gasteiger partial charge in [0.15, 0.2) is 0 Å². The van der Waals surface area contributed by atoms with Gasteiger partial charge in [0.2, 0.25) is 0 Å². The molecule has 0 unspecified atom stereocenters. The first-order valence-electron chi connectivity index (χ1n) is 5.77. The summed E-state index contributed by atoms with van der Waals surface area (Å²) < 4.78 is 4.55. The Balaban J connectivity index is 0.000000199. The number of ether oxygens (including phenoxy) is 1. The summed E-state index contributed by atoms with van der Waals surface area (Å²) in [4.78, 5) is 20.6. The van der Waals surface area contributed by atoms with Gasteiger partial charge in [0.1, 0.15) is 12.4 Å². The molecule has 2 rings (SSSR count). The van der Waals surface area contributed by atoms with Crippen molar-refractivity contribution in [3.05, 3.63) is 35.9 Å². The first-order valence-corrected chi connectivity index (χ1v) is 6.15. The van der Waals surface area contributed by atoms with Gasteiger partial charge in [-0.05, 0) is 5.56 Å². The molecule has 1 aliphatic heterocycles. The van der Waals surface area contributed by atoms with Crippen LogP contribution in [0.3, 0.4) is 0 Å². The number of nitrogens with one attached hydrogen (secondary N) is 1. The van der Waals surface area contributed by atoms with Gasteiger partial charge in [-0.25, -0.2) is 4.79 Å². The molecule has 0 saturated carbocycles. The van der Waals surface area contributed by atoms with E-state index in [1.165, 1.54) is 0 Å². The monoisotopic (exact) mass is 269 g/mol. The number of piperidine rings is 1. The number of halogens is 1. The molecule has 0 amide bonds. The minimum Gasteiger partial charge on any atom is -0.449 e. The fourth-order valence-electron chi connectivity index (χ4n) is 1.42. The van der Waals surface area contributed by atoms with Crippen LogP contribution in [0.4, 0.5) is 4.79 Å². The number of hydrogen-bond donors (Lipinski definition) is 1. The van der Waals surface area contributed by atoms with Gasteiger partial charge in [-0.1, -0.05) is 30.3 Å². The maximum Gasteiger partial charge on any atom is 0.404 e. The molecule has 1 aliphatic rings. The number of benzene rings is 1. The number of carbonyl (C=O) groups excluding carboxylic acids is 2. The van der Waals surface area contributed by atoms with Gasteiger partial charge in [-0.3, -0.25) is 4.79 Å². The molecule has 4 nitrogen and oxygen atoms in total. The Bertz CT molecular complexity index is 373. The highest BCUT2D eigenvalue weighted by Crippen LogP contribution is 2.01. The Hall–Kier alpha value is -1.39. The van der Waals surface area contributed by atoms with E-state index in [0.717, 1.165) is 31.5 Å². The van der Waals surface area contributed by atoms with E-state index in [-0.39, 0.29) is 6.61 Å². The number of hydrogen-bond acceptors (Lipinski definition) is 4. The van der Waals surface area contributed by atoms with E-state index in [0.29, 0.717) is 5.78 Å². The lowest BCUT2D eigenvalue weighted by Gasteiger charge is -2.08. The molecule has 0 spiro atoms. The predicted octanol–water partition coefficient (Wildman–Crippen LogP) is 2.50. The third-order valence-corrected chi connectivity index (χ3v) is 2.47. The molecule has 1 aromatic carbocycles. The summed E-state index contributed by atoms with van der Waals surface area (Å²) in [5.74, 6) is 0.402. The summed E-state index contributed by atoms with van der Waals surface area (Å²) in [6.45, 7) is 2.01. The molecule has 18 heavy (non-hydrogen) atoms. The van der Waals surface area contributed by atoms with E-state index in [4.69, 9.17) is 11.6 Å². The molecule has 0 bridgehead atoms. The molecule has 98 valence electrons. The van der Waals surface area contributed by atoms with E-state index >= 15 is 0 Å². The van der Waals surface area contributed by atoms with Crippen molar-refractivity contribution in [2.45, 2.75) is 19.4 Å². The second-order valence-corrected chi connectivity index (χ2v) is 4.11. The van der Waals surface area contributed by atoms with E-state index in [1.807, 2.05) is 30.3 Å². The fourth-order valence-corrected chi connectivity index (χ4v) is 1.47. The molecule has 1 N–H and O–H groups in total. The van der Waals surface area contributed by atoms with Crippen LogP contribution in [0.2, 0.25) is 0 Å². The summed E-state index contributed by atoms with van der Waals surface area (Å²) in [5.41, 5.74) is 0.162. The maximum absolute atomic E-state index is 10.4. The molecule has 1 saturated heterocycles. The van der Waals surface area contributed by atoms with Crippen LogP contribution in [0.5, 0.6) is 0 Å². The van der Waals surface area contributed by atoms with E-state index in [2.05, 4.69) is 10.1 Å². The van der Waals surface area contributed by atoms with Crippen LogP contribution in [0.25, 0.3) is 0 Å². The minimum absolute atomic E-state index is 0.239. The van der Waals surface area contributed by atoms with Crippen molar-refractivity contribution in [1.82, 2.24) is 5.32 Å². The lowest BCUT2D eigenvalue weighted by Crippen LogP contribution is -2.27. The Morgan fingerprint density at radius 3 is 2.28 bits per heavy atom. The first-order chi connectivity index (χ1) is 8.68. The number of ketones is 1. The van der Waals surface area contributed by atoms with Gasteiger partial charge in [0, 0.05) is 37.5 Å². The van der Waals surface area contributed by atoms with E-state index < -0.39 is 5.43 Å². The number of carbonyl (C=O) groups is 2. The predicted molar refractivity (Wildman–Crippen MR) is 69.6 cm³/mol. The molecule has 0 aromatic heterocycles. The normalized spacial score (nSPS) is 14.4. The zero-order valence-electron chi connectivity index (χ0n) is 10.0. The molecule has 5 heteroatoms. The quantitative estimate of drug-likeness (QED) is 0.838. The second-order valence-electron chi connectivity index (χ2n) is 3.80. The zero-order chi connectivity index (χ0) is 13.2. The van der Waals surface area contributed by atoms with Gasteiger partial charge < -0.3 is 10.1 Å². The van der Waals surface area contributed by atoms with Crippen molar-refractivity contribution in [1.29, 1.82) is 0 Å². The molecule has 1 fully saturated rings. The lowest BCUT2D eigenvalue weighted by atomic mass is 10.1. The summed E-state index contributed by atoms with van der Waals surface area (Å²) in [5, 5.41) is 3.09. The van der Waals surface area contributed by atoms with Crippen molar-refractivity contribution in [2.24, 2.45) is 0 Å². The highest BCUT2D eigenvalue weighted by molar-refractivity contribution is 6.61. The van der Waals surface area contributed by atoms with Crippen LogP contribution in [0, 0.1) is 0 Å². The summed E-state index contributed by atoms with van der Waals surface area (Å²) in [6, 6.07) is 9.36. The highest BCUT2D eigenvalue weighted by atomic mass is 35.5. The standard InChI is InChI=1S/C8H7ClO2.C5H9NO/c9-8(10)11-6-7-4-2-1-3-5-7;7-5-1-3-6-4-2-5/h1-5H,6H2;6H,1-4H2. The molecule has 1 heterocycles.